The molecule has 1 atom stereocenters. The number of carbonyl (C=O) groups is 1. The number of benzene rings is 1. The number of rotatable bonds is 7. The molecule has 0 bridgehead atoms. The van der Waals surface area contributed by atoms with Crippen molar-refractivity contribution in [2.24, 2.45) is 5.92 Å². The Bertz CT molecular complexity index is 783. The third-order valence-corrected chi connectivity index (χ3v) is 6.18. The Balaban J connectivity index is 1.99. The quantitative estimate of drug-likeness (QED) is 0.817. The highest BCUT2D eigenvalue weighted by Crippen LogP contribution is 2.25. The lowest BCUT2D eigenvalue weighted by Crippen LogP contribution is -2.33. The zero-order valence-corrected chi connectivity index (χ0v) is 15.7. The van der Waals surface area contributed by atoms with Gasteiger partial charge in [0.15, 0.2) is 9.84 Å². The molecule has 1 N–H and O–H groups in total. The van der Waals surface area contributed by atoms with Crippen molar-refractivity contribution in [2.75, 3.05) is 11.5 Å². The Kier molecular flexibility index (Phi) is 6.12. The van der Waals surface area contributed by atoms with Gasteiger partial charge in [0.2, 0.25) is 5.91 Å². The van der Waals surface area contributed by atoms with Crippen molar-refractivity contribution in [3.05, 3.63) is 40.7 Å². The van der Waals surface area contributed by atoms with Gasteiger partial charge in [-0.05, 0) is 12.8 Å². The fraction of sp³-hybridized carbons (Fsp3) is 0.412. The van der Waals surface area contributed by atoms with E-state index in [9.17, 15) is 13.2 Å². The molecule has 0 aliphatic heterocycles. The highest BCUT2D eigenvalue weighted by molar-refractivity contribution is 7.92. The molecule has 2 rings (SSSR count). The fourth-order valence-electron chi connectivity index (χ4n) is 2.34. The summed E-state index contributed by atoms with van der Waals surface area (Å²) in [7, 11) is -3.37. The third-order valence-electron chi connectivity index (χ3n) is 3.28. The zero-order valence-electron chi connectivity index (χ0n) is 14.0. The molecule has 0 aliphatic rings. The number of nitrogens with one attached hydrogen (secondary N) is 1. The van der Waals surface area contributed by atoms with E-state index in [1.54, 1.807) is 6.92 Å². The second-order valence-corrected chi connectivity index (χ2v) is 9.17. The first kappa shape index (κ1) is 18.6. The molecule has 1 unspecified atom stereocenters. The summed E-state index contributed by atoms with van der Waals surface area (Å²) >= 11 is 1.45. The smallest absolute Gasteiger partial charge is 0.235 e. The molecule has 0 radical (unpaired) electrons. The molecule has 0 saturated carbocycles. The molecular formula is C17H22N2O3S2. The topological polar surface area (TPSA) is 76.1 Å². The molecular weight excluding hydrogens is 344 g/mol. The summed E-state index contributed by atoms with van der Waals surface area (Å²) in [4.78, 5) is 16.5. The summed E-state index contributed by atoms with van der Waals surface area (Å²) in [6, 6.07) is 9.45. The number of aromatic nitrogens is 1. The number of nitrogens with zero attached hydrogens (tertiary/aromatic N) is 1. The van der Waals surface area contributed by atoms with Gasteiger partial charge in [0.1, 0.15) is 10.8 Å². The van der Waals surface area contributed by atoms with Crippen LogP contribution in [0.1, 0.15) is 31.8 Å². The van der Waals surface area contributed by atoms with Crippen LogP contribution in [0.2, 0.25) is 0 Å². The van der Waals surface area contributed by atoms with Crippen molar-refractivity contribution >= 4 is 27.1 Å². The lowest BCUT2D eigenvalue weighted by atomic mass is 10.2. The van der Waals surface area contributed by atoms with E-state index in [0.717, 1.165) is 16.3 Å². The minimum atomic E-state index is -3.37. The number of amides is 1. The average molecular weight is 367 g/mol. The monoisotopic (exact) mass is 366 g/mol. The molecule has 1 amide bonds. The lowest BCUT2D eigenvalue weighted by Gasteiger charge is -2.12. The van der Waals surface area contributed by atoms with Crippen molar-refractivity contribution in [2.45, 2.75) is 26.8 Å². The Labute approximate surface area is 147 Å². The number of hydrogen-bond donors (Lipinski definition) is 1. The number of sulfone groups is 1. The van der Waals surface area contributed by atoms with Gasteiger partial charge in [-0.25, -0.2) is 13.4 Å². The minimum Gasteiger partial charge on any atom is -0.346 e. The minimum absolute atomic E-state index is 0.00705. The van der Waals surface area contributed by atoms with Gasteiger partial charge in [0, 0.05) is 10.9 Å². The van der Waals surface area contributed by atoms with Gasteiger partial charge in [-0.2, -0.15) is 0 Å². The normalized spacial score (nSPS) is 13.0. The first-order chi connectivity index (χ1) is 11.3. The van der Waals surface area contributed by atoms with Gasteiger partial charge >= 0.3 is 0 Å². The van der Waals surface area contributed by atoms with Gasteiger partial charge in [-0.3, -0.25) is 4.79 Å². The lowest BCUT2D eigenvalue weighted by molar-refractivity contribution is -0.119. The van der Waals surface area contributed by atoms with Crippen LogP contribution in [0.15, 0.2) is 35.7 Å². The average Bonchev–Trinajstić information content (AvgIpc) is 2.95. The molecule has 0 saturated heterocycles. The summed E-state index contributed by atoms with van der Waals surface area (Å²) in [5.74, 6) is -0.941. The van der Waals surface area contributed by atoms with Crippen molar-refractivity contribution in [1.82, 2.24) is 10.3 Å². The van der Waals surface area contributed by atoms with Crippen molar-refractivity contribution in [3.8, 4) is 11.3 Å². The van der Waals surface area contributed by atoms with E-state index in [4.69, 9.17) is 0 Å². The summed E-state index contributed by atoms with van der Waals surface area (Å²) in [6.45, 7) is 5.44. The highest BCUT2D eigenvalue weighted by Gasteiger charge is 2.21. The van der Waals surface area contributed by atoms with Crippen LogP contribution in [0.5, 0.6) is 0 Å². The van der Waals surface area contributed by atoms with Crippen LogP contribution in [0, 0.1) is 5.92 Å². The standard InChI is InChI=1S/C17H22N2O3S2/c1-12(2)10-24(21,22)11-16(20)18-13(3)17-19-15(9-23-17)14-7-5-4-6-8-14/h4-9,12-13H,10-11H2,1-3H3,(H,18,20). The van der Waals surface area contributed by atoms with Crippen LogP contribution in [-0.4, -0.2) is 30.8 Å². The number of thiazole rings is 1. The molecule has 1 aromatic carbocycles. The first-order valence-corrected chi connectivity index (χ1v) is 10.5. The van der Waals surface area contributed by atoms with Gasteiger partial charge in [0.05, 0.1) is 17.5 Å². The highest BCUT2D eigenvalue weighted by atomic mass is 32.2. The summed E-state index contributed by atoms with van der Waals surface area (Å²) < 4.78 is 23.8. The van der Waals surface area contributed by atoms with Crippen molar-refractivity contribution in [1.29, 1.82) is 0 Å². The molecule has 7 heteroatoms. The SMILES string of the molecule is CC(C)CS(=O)(=O)CC(=O)NC(C)c1nc(-c2ccccc2)cs1. The predicted octanol–water partition coefficient (Wildman–Crippen LogP) is 3.06. The van der Waals surface area contributed by atoms with E-state index in [-0.39, 0.29) is 17.7 Å². The van der Waals surface area contributed by atoms with E-state index < -0.39 is 21.5 Å². The van der Waals surface area contributed by atoms with E-state index in [1.807, 2.05) is 49.6 Å². The molecule has 24 heavy (non-hydrogen) atoms. The van der Waals surface area contributed by atoms with E-state index in [0.29, 0.717) is 0 Å². The van der Waals surface area contributed by atoms with Gasteiger partial charge < -0.3 is 5.32 Å². The van der Waals surface area contributed by atoms with E-state index >= 15 is 0 Å². The summed E-state index contributed by atoms with van der Waals surface area (Å²) in [5.41, 5.74) is 1.86. The Hall–Kier alpha value is -1.73. The predicted molar refractivity (Wildman–Crippen MR) is 97.6 cm³/mol. The van der Waals surface area contributed by atoms with E-state index in [2.05, 4.69) is 10.3 Å². The van der Waals surface area contributed by atoms with Gasteiger partial charge in [0.25, 0.3) is 0 Å². The van der Waals surface area contributed by atoms with Crippen LogP contribution in [0.3, 0.4) is 0 Å². The molecule has 1 aromatic heterocycles. The van der Waals surface area contributed by atoms with Crippen LogP contribution < -0.4 is 5.32 Å². The van der Waals surface area contributed by atoms with Crippen molar-refractivity contribution in [3.63, 3.8) is 0 Å². The number of carbonyl (C=O) groups excluding carboxylic acids is 1. The van der Waals surface area contributed by atoms with Crippen LogP contribution in [0.4, 0.5) is 0 Å². The second-order valence-electron chi connectivity index (χ2n) is 6.17. The molecule has 2 aromatic rings. The molecule has 0 aliphatic carbocycles. The summed E-state index contributed by atoms with van der Waals surface area (Å²) in [6.07, 6.45) is 0. The maximum absolute atomic E-state index is 12.0. The first-order valence-electron chi connectivity index (χ1n) is 7.77. The molecule has 0 fully saturated rings. The Morgan fingerprint density at radius 2 is 1.88 bits per heavy atom. The van der Waals surface area contributed by atoms with E-state index in [1.165, 1.54) is 11.3 Å². The molecule has 1 heterocycles. The molecule has 0 spiro atoms. The molecule has 130 valence electrons. The number of hydrogen-bond acceptors (Lipinski definition) is 5. The molecule has 5 nitrogen and oxygen atoms in total. The Morgan fingerprint density at radius 1 is 1.21 bits per heavy atom. The Morgan fingerprint density at radius 3 is 2.50 bits per heavy atom. The van der Waals surface area contributed by atoms with Crippen LogP contribution in [-0.2, 0) is 14.6 Å². The maximum atomic E-state index is 12.0. The van der Waals surface area contributed by atoms with Gasteiger partial charge in [-0.15, -0.1) is 11.3 Å². The van der Waals surface area contributed by atoms with Gasteiger partial charge in [-0.1, -0.05) is 44.2 Å². The second kappa shape index (κ2) is 7.90. The van der Waals surface area contributed by atoms with Crippen LogP contribution in [0.25, 0.3) is 11.3 Å². The van der Waals surface area contributed by atoms with Crippen LogP contribution >= 0.6 is 11.3 Å². The maximum Gasteiger partial charge on any atom is 0.235 e. The summed E-state index contributed by atoms with van der Waals surface area (Å²) in [5, 5.41) is 5.41. The van der Waals surface area contributed by atoms with Crippen molar-refractivity contribution < 1.29 is 13.2 Å². The third kappa shape index (κ3) is 5.42. The zero-order chi connectivity index (χ0) is 17.7. The largest absolute Gasteiger partial charge is 0.346 e. The fourth-order valence-corrected chi connectivity index (χ4v) is 4.79.